The highest BCUT2D eigenvalue weighted by Crippen LogP contribution is 2.38. The standard InChI is InChI=1S/C30H20N2/c1-2-10-23-20(8-1)9-7-13-24(23)27-19-22(18-21-16-17-31-30(21)27)32-28-14-5-3-11-25(28)26-12-4-6-15-29(26)32/h1-19,31H. The highest BCUT2D eigenvalue weighted by atomic mass is 15.0. The van der Waals surface area contributed by atoms with Crippen LogP contribution in [0.3, 0.4) is 0 Å². The van der Waals surface area contributed by atoms with Crippen LogP contribution in [-0.2, 0) is 0 Å². The van der Waals surface area contributed by atoms with Gasteiger partial charge in [0.25, 0.3) is 0 Å². The van der Waals surface area contributed by atoms with Crippen LogP contribution >= 0.6 is 0 Å². The molecule has 0 spiro atoms. The van der Waals surface area contributed by atoms with Gasteiger partial charge in [-0.25, -0.2) is 0 Å². The van der Waals surface area contributed by atoms with Gasteiger partial charge in [0.2, 0.25) is 0 Å². The summed E-state index contributed by atoms with van der Waals surface area (Å²) in [5.41, 5.74) is 7.28. The van der Waals surface area contributed by atoms with E-state index in [2.05, 4.69) is 119 Å². The molecule has 0 atom stereocenters. The number of fused-ring (bicyclic) bond motifs is 5. The SMILES string of the molecule is c1ccc2c(-c3cc(-n4c5ccccc5c5ccccc54)cc4cc[nH]c34)cccc2c1. The second-order valence-electron chi connectivity index (χ2n) is 8.33. The fraction of sp³-hybridized carbons (Fsp3) is 0. The Morgan fingerprint density at radius 3 is 1.94 bits per heavy atom. The molecule has 0 unspecified atom stereocenters. The van der Waals surface area contributed by atoms with E-state index in [0.29, 0.717) is 0 Å². The van der Waals surface area contributed by atoms with Crippen LogP contribution < -0.4 is 0 Å². The maximum absolute atomic E-state index is 3.49. The number of rotatable bonds is 2. The largest absolute Gasteiger partial charge is 0.361 e. The molecule has 0 aliphatic rings. The zero-order valence-corrected chi connectivity index (χ0v) is 17.4. The summed E-state index contributed by atoms with van der Waals surface area (Å²) in [7, 11) is 0. The molecule has 0 amide bonds. The van der Waals surface area contributed by atoms with Crippen molar-refractivity contribution in [3.05, 3.63) is 115 Å². The highest BCUT2D eigenvalue weighted by Gasteiger charge is 2.15. The summed E-state index contributed by atoms with van der Waals surface area (Å²) < 4.78 is 2.39. The van der Waals surface area contributed by atoms with Crippen LogP contribution in [0.25, 0.3) is 60.3 Å². The third kappa shape index (κ3) is 2.41. The van der Waals surface area contributed by atoms with Gasteiger partial charge >= 0.3 is 0 Å². The Kier molecular flexibility index (Phi) is 3.58. The minimum absolute atomic E-state index is 1.17. The molecule has 150 valence electrons. The first-order valence-electron chi connectivity index (χ1n) is 11.0. The Morgan fingerprint density at radius 1 is 0.500 bits per heavy atom. The van der Waals surface area contributed by atoms with E-state index in [4.69, 9.17) is 0 Å². The van der Waals surface area contributed by atoms with Gasteiger partial charge in [0.05, 0.1) is 16.6 Å². The van der Waals surface area contributed by atoms with Crippen molar-refractivity contribution in [2.45, 2.75) is 0 Å². The summed E-state index contributed by atoms with van der Waals surface area (Å²) in [6.07, 6.45) is 2.04. The molecule has 2 aromatic heterocycles. The van der Waals surface area contributed by atoms with Crippen molar-refractivity contribution in [3.63, 3.8) is 0 Å². The van der Waals surface area contributed by atoms with Gasteiger partial charge in [-0.3, -0.25) is 0 Å². The monoisotopic (exact) mass is 408 g/mol. The second-order valence-corrected chi connectivity index (χ2v) is 8.33. The van der Waals surface area contributed by atoms with E-state index in [1.165, 1.54) is 60.3 Å². The number of aromatic amines is 1. The Hall–Kier alpha value is -4.30. The molecule has 1 N–H and O–H groups in total. The third-order valence-corrected chi connectivity index (χ3v) is 6.56. The Balaban J connectivity index is 1.61. The minimum atomic E-state index is 1.17. The highest BCUT2D eigenvalue weighted by molar-refractivity contribution is 6.10. The lowest BCUT2D eigenvalue weighted by atomic mass is 9.96. The zero-order chi connectivity index (χ0) is 21.1. The molecule has 0 saturated carbocycles. The van der Waals surface area contributed by atoms with Gasteiger partial charge < -0.3 is 9.55 Å². The Labute approximate surface area is 185 Å². The number of aromatic nitrogens is 2. The Bertz CT molecular complexity index is 1720. The minimum Gasteiger partial charge on any atom is -0.361 e. The quantitative estimate of drug-likeness (QED) is 0.298. The molecular weight excluding hydrogens is 388 g/mol. The molecule has 2 heterocycles. The van der Waals surface area contributed by atoms with Gasteiger partial charge in [0, 0.05) is 33.6 Å². The van der Waals surface area contributed by atoms with Crippen molar-refractivity contribution in [1.82, 2.24) is 9.55 Å². The van der Waals surface area contributed by atoms with E-state index in [1.807, 2.05) is 6.20 Å². The lowest BCUT2D eigenvalue weighted by Gasteiger charge is -2.13. The topological polar surface area (TPSA) is 20.7 Å². The summed E-state index contributed by atoms with van der Waals surface area (Å²) >= 11 is 0. The lowest BCUT2D eigenvalue weighted by Crippen LogP contribution is -1.95. The average Bonchev–Trinajstić information content (AvgIpc) is 3.46. The van der Waals surface area contributed by atoms with Crippen molar-refractivity contribution < 1.29 is 0 Å². The van der Waals surface area contributed by atoms with Gasteiger partial charge in [0.15, 0.2) is 0 Å². The fourth-order valence-corrected chi connectivity index (χ4v) is 5.16. The molecule has 0 radical (unpaired) electrons. The van der Waals surface area contributed by atoms with E-state index in [-0.39, 0.29) is 0 Å². The third-order valence-electron chi connectivity index (χ3n) is 6.56. The van der Waals surface area contributed by atoms with E-state index >= 15 is 0 Å². The van der Waals surface area contributed by atoms with Gasteiger partial charge in [-0.05, 0) is 46.7 Å². The summed E-state index contributed by atoms with van der Waals surface area (Å²) in [6, 6.07) is 39.3. The first kappa shape index (κ1) is 17.4. The molecule has 32 heavy (non-hydrogen) atoms. The van der Waals surface area contributed by atoms with Gasteiger partial charge in [-0.15, -0.1) is 0 Å². The van der Waals surface area contributed by atoms with Gasteiger partial charge in [-0.2, -0.15) is 0 Å². The van der Waals surface area contributed by atoms with E-state index in [9.17, 15) is 0 Å². The molecule has 2 heteroatoms. The van der Waals surface area contributed by atoms with Gasteiger partial charge in [-0.1, -0.05) is 78.9 Å². The van der Waals surface area contributed by atoms with Crippen LogP contribution in [0.5, 0.6) is 0 Å². The number of hydrogen-bond donors (Lipinski definition) is 1. The maximum Gasteiger partial charge on any atom is 0.0541 e. The van der Waals surface area contributed by atoms with Crippen molar-refractivity contribution in [2.24, 2.45) is 0 Å². The molecular formula is C30H20N2. The van der Waals surface area contributed by atoms with Crippen LogP contribution in [-0.4, -0.2) is 9.55 Å². The van der Waals surface area contributed by atoms with E-state index in [0.717, 1.165) is 0 Å². The van der Waals surface area contributed by atoms with E-state index in [1.54, 1.807) is 0 Å². The lowest BCUT2D eigenvalue weighted by molar-refractivity contribution is 1.19. The normalized spacial score (nSPS) is 11.8. The van der Waals surface area contributed by atoms with Crippen molar-refractivity contribution in [2.75, 3.05) is 0 Å². The molecule has 0 aliphatic heterocycles. The van der Waals surface area contributed by atoms with Crippen LogP contribution in [0.2, 0.25) is 0 Å². The summed E-state index contributed by atoms with van der Waals surface area (Å²) in [4.78, 5) is 3.49. The second kappa shape index (κ2) is 6.60. The van der Waals surface area contributed by atoms with Gasteiger partial charge in [0.1, 0.15) is 0 Å². The first-order valence-corrected chi connectivity index (χ1v) is 11.0. The number of H-pyrrole nitrogens is 1. The van der Waals surface area contributed by atoms with Crippen molar-refractivity contribution in [1.29, 1.82) is 0 Å². The number of nitrogens with zero attached hydrogens (tertiary/aromatic N) is 1. The molecule has 7 rings (SSSR count). The fourth-order valence-electron chi connectivity index (χ4n) is 5.16. The predicted octanol–water partition coefficient (Wildman–Crippen LogP) is 8.09. The number of hydrogen-bond acceptors (Lipinski definition) is 0. The summed E-state index contributed by atoms with van der Waals surface area (Å²) in [6.45, 7) is 0. The smallest absolute Gasteiger partial charge is 0.0541 e. The maximum atomic E-state index is 3.49. The molecule has 0 bridgehead atoms. The summed E-state index contributed by atoms with van der Waals surface area (Å²) in [5.74, 6) is 0. The first-order chi connectivity index (χ1) is 15.9. The molecule has 0 fully saturated rings. The predicted molar refractivity (Wildman–Crippen MR) is 136 cm³/mol. The Morgan fingerprint density at radius 2 is 1.16 bits per heavy atom. The van der Waals surface area contributed by atoms with Crippen molar-refractivity contribution in [3.8, 4) is 16.8 Å². The molecule has 7 aromatic rings. The van der Waals surface area contributed by atoms with Crippen LogP contribution in [0.15, 0.2) is 115 Å². The number of para-hydroxylation sites is 2. The van der Waals surface area contributed by atoms with Crippen LogP contribution in [0, 0.1) is 0 Å². The average molecular weight is 409 g/mol. The number of benzene rings is 5. The molecule has 0 saturated heterocycles. The number of nitrogens with one attached hydrogen (secondary N) is 1. The van der Waals surface area contributed by atoms with Crippen LogP contribution in [0.1, 0.15) is 0 Å². The van der Waals surface area contributed by atoms with Crippen molar-refractivity contribution >= 4 is 43.5 Å². The molecule has 5 aromatic carbocycles. The van der Waals surface area contributed by atoms with E-state index < -0.39 is 0 Å². The zero-order valence-electron chi connectivity index (χ0n) is 17.4. The molecule has 2 nitrogen and oxygen atoms in total. The van der Waals surface area contributed by atoms with Crippen LogP contribution in [0.4, 0.5) is 0 Å². The summed E-state index contributed by atoms with van der Waals surface area (Å²) in [5, 5.41) is 6.30. The molecule has 0 aliphatic carbocycles.